The largest absolute Gasteiger partial charge is 0.361 e. The van der Waals surface area contributed by atoms with Crippen LogP contribution >= 0.6 is 0 Å². The first-order valence-corrected chi connectivity index (χ1v) is 48.4. The number of nitrogens with one attached hydrogen (secondary N) is 4. The minimum Gasteiger partial charge on any atom is -0.361 e. The minimum atomic E-state index is 0.114. The number of aryl methyl sites for hydroxylation is 1. The Labute approximate surface area is 741 Å². The first kappa shape index (κ1) is 97.8. The average molecular weight is 1640 g/mol. The van der Waals surface area contributed by atoms with Crippen molar-refractivity contribution in [1.82, 2.24) is 19.9 Å². The molecular weight excluding hydrogens is 1460 g/mol. The number of hydrogen-bond acceptors (Lipinski definition) is 0. The molecule has 4 aromatic carbocycles. The lowest BCUT2D eigenvalue weighted by Gasteiger charge is -2.33. The van der Waals surface area contributed by atoms with Crippen LogP contribution in [0.3, 0.4) is 0 Å². The fourth-order valence-electron chi connectivity index (χ4n) is 20.5. The lowest BCUT2D eigenvalue weighted by Crippen LogP contribution is -2.27. The second-order valence-electron chi connectivity index (χ2n) is 48.0. The van der Waals surface area contributed by atoms with E-state index in [2.05, 4.69) is 403 Å². The molecule has 4 nitrogen and oxygen atoms in total. The van der Waals surface area contributed by atoms with Crippen LogP contribution in [-0.4, -0.2) is 19.9 Å². The molecule has 0 aromatic heterocycles. The fourth-order valence-corrected chi connectivity index (χ4v) is 20.5. The molecular formula is C117H174N4. The summed E-state index contributed by atoms with van der Waals surface area (Å²) in [6, 6.07) is 48.6. The van der Waals surface area contributed by atoms with Crippen molar-refractivity contribution >= 4 is 43.1 Å². The van der Waals surface area contributed by atoms with Gasteiger partial charge in [0.15, 0.2) is 0 Å². The van der Waals surface area contributed by atoms with E-state index < -0.39 is 0 Å². The molecule has 0 amide bonds. The van der Waals surface area contributed by atoms with Gasteiger partial charge in [-0.15, -0.1) is 0 Å². The Bertz CT molecular complexity index is 5070. The van der Waals surface area contributed by atoms with Gasteiger partial charge in [-0.1, -0.05) is 391 Å². The van der Waals surface area contributed by atoms with E-state index in [1.54, 1.807) is 5.56 Å². The van der Waals surface area contributed by atoms with E-state index in [0.717, 1.165) is 47.3 Å². The maximum atomic E-state index is 3.91. The van der Waals surface area contributed by atoms with Crippen LogP contribution in [0.4, 0.5) is 0 Å². The van der Waals surface area contributed by atoms with Gasteiger partial charge < -0.3 is 19.9 Å². The Balaban J connectivity index is 0.000000173. The number of fused-ring (bicyclic) bond motifs is 12. The Kier molecular flexibility index (Phi) is 31.4. The third-order valence-corrected chi connectivity index (χ3v) is 27.3. The number of rotatable bonds is 8. The van der Waals surface area contributed by atoms with Crippen molar-refractivity contribution in [3.63, 3.8) is 0 Å². The van der Waals surface area contributed by atoms with Crippen molar-refractivity contribution in [3.05, 3.63) is 190 Å². The van der Waals surface area contributed by atoms with Crippen molar-refractivity contribution < 1.29 is 0 Å². The summed E-state index contributed by atoms with van der Waals surface area (Å²) in [6.45, 7) is 82.6. The lowest BCUT2D eigenvalue weighted by atomic mass is 9.71. The zero-order valence-corrected chi connectivity index (χ0v) is 84.1. The van der Waals surface area contributed by atoms with Crippen molar-refractivity contribution in [2.24, 2.45) is 47.3 Å². The molecule has 0 saturated heterocycles. The molecule has 0 unspecified atom stereocenters. The van der Waals surface area contributed by atoms with Gasteiger partial charge in [0.05, 0.1) is 22.8 Å². The monoisotopic (exact) mass is 1640 g/mol. The van der Waals surface area contributed by atoms with Crippen LogP contribution in [-0.2, 0) is 48.7 Å². The third kappa shape index (κ3) is 22.8. The SMILES string of the molecule is CC(C)(C)c1c[nH]c2c(C(C)(C)C3CCCC3)c3ccc(C(C)(C)C)cc3c-2c1.CC(C)(C)c1ccc2c3ccc(C(C)(C)C)[nH]c-3c(C(C)(C)C3CCCC3)c2c1.CC(C)(C)c1ccc2c3ccccc3c(C(C)(C)C3CCCC3)c-2[nH]1.CC(C)C.CC(C)C.CC(C)C.CC(C)C.Cc1ccc2c3ccccc3c(C(C)(C)C3CCCC3)c-2[nH]1. The molecule has 121 heavy (non-hydrogen) atoms. The van der Waals surface area contributed by atoms with Gasteiger partial charge in [0, 0.05) is 56.4 Å². The molecule has 4 aliphatic heterocycles. The van der Waals surface area contributed by atoms with E-state index in [1.165, 1.54) is 241 Å². The maximum Gasteiger partial charge on any atom is 0.0506 e. The van der Waals surface area contributed by atoms with Gasteiger partial charge in [0.2, 0.25) is 0 Å². The first-order valence-electron chi connectivity index (χ1n) is 48.4. The summed E-state index contributed by atoms with van der Waals surface area (Å²) in [4.78, 5) is 15.2. The third-order valence-electron chi connectivity index (χ3n) is 27.3. The highest BCUT2D eigenvalue weighted by Crippen LogP contribution is 2.56. The molecule has 4 heteroatoms. The quantitative estimate of drug-likeness (QED) is 0.117. The van der Waals surface area contributed by atoms with Crippen molar-refractivity contribution in [2.75, 3.05) is 0 Å². The molecule has 4 fully saturated rings. The number of hydrogen-bond donors (Lipinski definition) is 4. The Morgan fingerprint density at radius 2 is 0.512 bits per heavy atom. The predicted octanol–water partition coefficient (Wildman–Crippen LogP) is 36.4. The van der Waals surface area contributed by atoms with E-state index in [9.17, 15) is 0 Å². The van der Waals surface area contributed by atoms with Gasteiger partial charge in [-0.3, -0.25) is 0 Å². The van der Waals surface area contributed by atoms with Gasteiger partial charge in [-0.25, -0.2) is 0 Å². The topological polar surface area (TPSA) is 63.2 Å². The molecule has 0 spiro atoms. The Hall–Kier alpha value is -7.04. The van der Waals surface area contributed by atoms with E-state index in [0.29, 0.717) is 0 Å². The predicted molar refractivity (Wildman–Crippen MR) is 540 cm³/mol. The molecule has 4 N–H and O–H groups in total. The summed E-state index contributed by atoms with van der Waals surface area (Å²) in [5.74, 6) is 6.46. The van der Waals surface area contributed by atoms with E-state index in [1.807, 2.05) is 0 Å². The highest BCUT2D eigenvalue weighted by Gasteiger charge is 2.44. The summed E-state index contributed by atoms with van der Waals surface area (Å²) in [7, 11) is 0. The smallest absolute Gasteiger partial charge is 0.0506 e. The highest BCUT2D eigenvalue weighted by atomic mass is 14.8. The molecule has 16 rings (SSSR count). The molecule has 662 valence electrons. The molecule has 0 atom stereocenters. The summed E-state index contributed by atoms with van der Waals surface area (Å²) in [5.41, 5.74) is 26.7. The highest BCUT2D eigenvalue weighted by molar-refractivity contribution is 6.09. The molecule has 4 saturated carbocycles. The number of pyridine rings is 4. The summed E-state index contributed by atoms with van der Waals surface area (Å²) in [6.07, 6.45) is 24.3. The van der Waals surface area contributed by atoms with Crippen LogP contribution in [0.25, 0.3) is 88.1 Å². The van der Waals surface area contributed by atoms with Crippen LogP contribution in [0.2, 0.25) is 0 Å². The van der Waals surface area contributed by atoms with Gasteiger partial charge in [-0.05, 0) is 256 Å². The van der Waals surface area contributed by atoms with E-state index in [-0.39, 0.29) is 48.7 Å². The molecule has 8 aliphatic carbocycles. The lowest BCUT2D eigenvalue weighted by molar-refractivity contribution is 0.328. The number of aromatic nitrogens is 4. The van der Waals surface area contributed by atoms with Gasteiger partial charge in [0.1, 0.15) is 0 Å². The van der Waals surface area contributed by atoms with Crippen LogP contribution in [0.1, 0.15) is 401 Å². The normalized spacial score (nSPS) is 15.9. The molecule has 0 radical (unpaired) electrons. The molecule has 4 heterocycles. The van der Waals surface area contributed by atoms with Crippen molar-refractivity contribution in [3.8, 4) is 45.0 Å². The minimum absolute atomic E-state index is 0.114. The molecule has 4 aromatic rings. The van der Waals surface area contributed by atoms with Crippen LogP contribution < -0.4 is 0 Å². The fraction of sp³-hybridized carbons (Fsp3) is 0.590. The van der Waals surface area contributed by atoms with Gasteiger partial charge >= 0.3 is 0 Å². The van der Waals surface area contributed by atoms with Gasteiger partial charge in [0.25, 0.3) is 0 Å². The van der Waals surface area contributed by atoms with Crippen LogP contribution in [0.5, 0.6) is 0 Å². The molecule has 0 bridgehead atoms. The average Bonchev–Trinajstić information content (AvgIpc) is 1.59. The summed E-state index contributed by atoms with van der Waals surface area (Å²) in [5, 5.41) is 11.4. The summed E-state index contributed by atoms with van der Waals surface area (Å²) >= 11 is 0. The Morgan fingerprint density at radius 1 is 0.248 bits per heavy atom. The van der Waals surface area contributed by atoms with Crippen molar-refractivity contribution in [1.29, 1.82) is 0 Å². The summed E-state index contributed by atoms with van der Waals surface area (Å²) < 4.78 is 0. The van der Waals surface area contributed by atoms with Crippen molar-refractivity contribution in [2.45, 2.75) is 401 Å². The number of H-pyrrole nitrogens is 4. The zero-order chi connectivity index (χ0) is 89.8. The standard InChI is InChI=1S/2C28H39N.C24H31N.C21H25N.4C4H10/c1-26(2,3)19-13-14-21-22(15-19)23-16-20(27(4,5)6)17-29-25(23)24(21)28(7,8)18-11-9-10-12-18;1-26(2,3)19-13-14-20-21-15-16-23(27(4,5)6)29-25(21)24(22(20)17-19)28(7,8)18-11-9-10-12-18;1-23(2,3)20-15-14-19-17-12-8-9-13-18(17)21(22(19)25-20)24(4,5)16-10-6-7-11-16;1-14-12-13-18-16-10-6-7-11-17(16)19(20(18)22-14)21(2,3)15-8-4-5-9-15;4*1-4(2)3/h2*13-18,29H,9-12H2,1-8H3;8-9,12-16,25H,6-7,10-11H2,1-5H3;6-7,10-13,15,22H,4-5,8-9H2,1-3H3;4*4H,1-3H3. The number of aromatic amines is 4. The van der Waals surface area contributed by atoms with E-state index in [4.69, 9.17) is 0 Å². The molecule has 12 aliphatic rings. The number of benzene rings is 4. The Morgan fingerprint density at radius 3 is 0.835 bits per heavy atom. The van der Waals surface area contributed by atoms with Crippen LogP contribution in [0.15, 0.2) is 134 Å². The second kappa shape index (κ2) is 38.8. The van der Waals surface area contributed by atoms with Crippen LogP contribution in [0, 0.1) is 54.3 Å². The van der Waals surface area contributed by atoms with E-state index >= 15 is 0 Å². The second-order valence-corrected chi connectivity index (χ2v) is 48.0. The maximum absolute atomic E-state index is 3.91. The first-order chi connectivity index (χ1) is 56.1. The van der Waals surface area contributed by atoms with Gasteiger partial charge in [-0.2, -0.15) is 0 Å². The zero-order valence-electron chi connectivity index (χ0n) is 84.1.